The summed E-state index contributed by atoms with van der Waals surface area (Å²) in [4.78, 5) is 13.7. The third kappa shape index (κ3) is 2.34. The molecule has 96 valence electrons. The van der Waals surface area contributed by atoms with E-state index in [0.717, 1.165) is 15.6 Å². The maximum Gasteiger partial charge on any atom is 0.417 e. The standard InChI is InChI=1S/C14H11BrN2O2/c15-10-3-1-2-8(6-10)13(16)9-4-5-11-12(7-9)19-14(18)17-11/h1-7,13H,16H2,(H,17,18). The van der Waals surface area contributed by atoms with Crippen molar-refractivity contribution < 1.29 is 4.42 Å². The van der Waals surface area contributed by atoms with Gasteiger partial charge in [-0.15, -0.1) is 0 Å². The van der Waals surface area contributed by atoms with E-state index in [1.54, 1.807) is 12.1 Å². The van der Waals surface area contributed by atoms with E-state index >= 15 is 0 Å². The summed E-state index contributed by atoms with van der Waals surface area (Å²) in [7, 11) is 0. The van der Waals surface area contributed by atoms with Crippen LogP contribution in [0.3, 0.4) is 0 Å². The Morgan fingerprint density at radius 1 is 1.16 bits per heavy atom. The highest BCUT2D eigenvalue weighted by molar-refractivity contribution is 9.10. The van der Waals surface area contributed by atoms with Gasteiger partial charge in [-0.1, -0.05) is 34.1 Å². The summed E-state index contributed by atoms with van der Waals surface area (Å²) in [6, 6.07) is 13.0. The quantitative estimate of drug-likeness (QED) is 0.763. The number of fused-ring (bicyclic) bond motifs is 1. The van der Waals surface area contributed by atoms with Crippen LogP contribution in [0, 0.1) is 0 Å². The molecule has 3 aromatic rings. The maximum absolute atomic E-state index is 11.1. The Morgan fingerprint density at radius 3 is 2.74 bits per heavy atom. The van der Waals surface area contributed by atoms with Gasteiger partial charge in [-0.25, -0.2) is 4.79 Å². The van der Waals surface area contributed by atoms with E-state index < -0.39 is 5.76 Å². The zero-order chi connectivity index (χ0) is 13.4. The smallest absolute Gasteiger partial charge is 0.408 e. The second-order valence-corrected chi connectivity index (χ2v) is 5.22. The lowest BCUT2D eigenvalue weighted by Gasteiger charge is -2.12. The Hall–Kier alpha value is -1.85. The molecule has 0 saturated carbocycles. The fourth-order valence-electron chi connectivity index (χ4n) is 2.05. The minimum absolute atomic E-state index is 0.262. The van der Waals surface area contributed by atoms with E-state index in [9.17, 15) is 4.79 Å². The first-order valence-electron chi connectivity index (χ1n) is 5.77. The van der Waals surface area contributed by atoms with Crippen molar-refractivity contribution in [3.05, 3.63) is 68.6 Å². The van der Waals surface area contributed by atoms with Crippen LogP contribution in [0.2, 0.25) is 0 Å². The van der Waals surface area contributed by atoms with Crippen molar-refractivity contribution in [2.45, 2.75) is 6.04 Å². The zero-order valence-electron chi connectivity index (χ0n) is 9.89. The minimum Gasteiger partial charge on any atom is -0.408 e. The number of nitrogens with two attached hydrogens (primary N) is 1. The van der Waals surface area contributed by atoms with Crippen LogP contribution in [-0.4, -0.2) is 4.98 Å². The highest BCUT2D eigenvalue weighted by Gasteiger charge is 2.11. The summed E-state index contributed by atoms with van der Waals surface area (Å²) < 4.78 is 6.02. The van der Waals surface area contributed by atoms with Crippen LogP contribution in [0.25, 0.3) is 11.1 Å². The van der Waals surface area contributed by atoms with Crippen molar-refractivity contribution in [2.24, 2.45) is 5.73 Å². The van der Waals surface area contributed by atoms with E-state index in [4.69, 9.17) is 10.2 Å². The monoisotopic (exact) mass is 318 g/mol. The minimum atomic E-state index is -0.455. The van der Waals surface area contributed by atoms with Crippen molar-refractivity contribution in [2.75, 3.05) is 0 Å². The molecule has 0 radical (unpaired) electrons. The van der Waals surface area contributed by atoms with Gasteiger partial charge in [0, 0.05) is 4.47 Å². The number of halogens is 1. The highest BCUT2D eigenvalue weighted by Crippen LogP contribution is 2.24. The van der Waals surface area contributed by atoms with Crippen LogP contribution < -0.4 is 11.5 Å². The Labute approximate surface area is 117 Å². The second kappa shape index (κ2) is 4.68. The van der Waals surface area contributed by atoms with Gasteiger partial charge in [0.25, 0.3) is 0 Å². The summed E-state index contributed by atoms with van der Waals surface area (Å²) in [5.74, 6) is -0.455. The molecule has 0 spiro atoms. The first-order chi connectivity index (χ1) is 9.13. The Kier molecular flexibility index (Phi) is 3.00. The lowest BCUT2D eigenvalue weighted by atomic mass is 9.99. The fraction of sp³-hybridized carbons (Fsp3) is 0.0714. The Bertz CT molecular complexity index is 791. The van der Waals surface area contributed by atoms with Crippen molar-refractivity contribution in [1.82, 2.24) is 4.98 Å². The molecule has 0 aliphatic heterocycles. The number of rotatable bonds is 2. The van der Waals surface area contributed by atoms with Crippen LogP contribution in [0.4, 0.5) is 0 Å². The third-order valence-electron chi connectivity index (χ3n) is 3.01. The molecule has 1 atom stereocenters. The predicted molar refractivity (Wildman–Crippen MR) is 77.0 cm³/mol. The first kappa shape index (κ1) is 12.2. The normalized spacial score (nSPS) is 12.7. The SMILES string of the molecule is NC(c1cccc(Br)c1)c1ccc2[nH]c(=O)oc2c1. The van der Waals surface area contributed by atoms with Gasteiger partial charge in [0.15, 0.2) is 5.58 Å². The molecular formula is C14H11BrN2O2. The lowest BCUT2D eigenvalue weighted by Crippen LogP contribution is -2.11. The van der Waals surface area contributed by atoms with Gasteiger partial charge in [0.2, 0.25) is 0 Å². The number of benzene rings is 2. The van der Waals surface area contributed by atoms with Gasteiger partial charge in [0.05, 0.1) is 11.6 Å². The first-order valence-corrected chi connectivity index (χ1v) is 6.56. The molecule has 2 aromatic carbocycles. The predicted octanol–water partition coefficient (Wildman–Crippen LogP) is 2.93. The molecular weight excluding hydrogens is 308 g/mol. The van der Waals surface area contributed by atoms with Crippen LogP contribution in [0.15, 0.2) is 56.1 Å². The van der Waals surface area contributed by atoms with Gasteiger partial charge < -0.3 is 10.2 Å². The average molecular weight is 319 g/mol. The molecule has 0 saturated heterocycles. The summed E-state index contributed by atoms with van der Waals surface area (Å²) >= 11 is 3.43. The van der Waals surface area contributed by atoms with Gasteiger partial charge in [-0.2, -0.15) is 0 Å². The third-order valence-corrected chi connectivity index (χ3v) is 3.51. The highest BCUT2D eigenvalue weighted by atomic mass is 79.9. The van der Waals surface area contributed by atoms with Crippen molar-refractivity contribution in [3.63, 3.8) is 0 Å². The number of aromatic amines is 1. The van der Waals surface area contributed by atoms with E-state index in [-0.39, 0.29) is 6.04 Å². The zero-order valence-corrected chi connectivity index (χ0v) is 11.5. The van der Waals surface area contributed by atoms with Gasteiger partial charge >= 0.3 is 5.76 Å². The number of aromatic nitrogens is 1. The van der Waals surface area contributed by atoms with Gasteiger partial charge in [-0.3, -0.25) is 4.98 Å². The van der Waals surface area contributed by atoms with Crippen molar-refractivity contribution >= 4 is 27.0 Å². The molecule has 1 aromatic heterocycles. The number of hydrogen-bond acceptors (Lipinski definition) is 3. The van der Waals surface area contributed by atoms with Crippen LogP contribution in [0.5, 0.6) is 0 Å². The van der Waals surface area contributed by atoms with Crippen molar-refractivity contribution in [1.29, 1.82) is 0 Å². The molecule has 0 fully saturated rings. The average Bonchev–Trinajstić information content (AvgIpc) is 2.76. The van der Waals surface area contributed by atoms with Crippen LogP contribution in [-0.2, 0) is 0 Å². The molecule has 0 bridgehead atoms. The molecule has 3 rings (SSSR count). The van der Waals surface area contributed by atoms with Crippen LogP contribution >= 0.6 is 15.9 Å². The van der Waals surface area contributed by atoms with E-state index in [0.29, 0.717) is 11.1 Å². The number of H-pyrrole nitrogens is 1. The summed E-state index contributed by atoms with van der Waals surface area (Å²) in [6.45, 7) is 0. The molecule has 3 N–H and O–H groups in total. The van der Waals surface area contributed by atoms with Gasteiger partial charge in [-0.05, 0) is 35.4 Å². The molecule has 0 aliphatic carbocycles. The summed E-state index contributed by atoms with van der Waals surface area (Å²) in [6.07, 6.45) is 0. The molecule has 4 nitrogen and oxygen atoms in total. The van der Waals surface area contributed by atoms with Crippen LogP contribution in [0.1, 0.15) is 17.2 Å². The fourth-order valence-corrected chi connectivity index (χ4v) is 2.46. The number of nitrogens with one attached hydrogen (secondary N) is 1. The largest absolute Gasteiger partial charge is 0.417 e. The van der Waals surface area contributed by atoms with E-state index in [1.165, 1.54) is 0 Å². The second-order valence-electron chi connectivity index (χ2n) is 4.30. The van der Waals surface area contributed by atoms with Gasteiger partial charge in [0.1, 0.15) is 0 Å². The summed E-state index contributed by atoms with van der Waals surface area (Å²) in [5, 5.41) is 0. The molecule has 0 amide bonds. The topological polar surface area (TPSA) is 72.0 Å². The Morgan fingerprint density at radius 2 is 1.95 bits per heavy atom. The molecule has 0 aliphatic rings. The van der Waals surface area contributed by atoms with Crippen molar-refractivity contribution in [3.8, 4) is 0 Å². The molecule has 19 heavy (non-hydrogen) atoms. The molecule has 1 heterocycles. The number of hydrogen-bond donors (Lipinski definition) is 2. The van der Waals surface area contributed by atoms with E-state index in [1.807, 2.05) is 30.3 Å². The number of oxazole rings is 1. The molecule has 5 heteroatoms. The Balaban J connectivity index is 2.05. The molecule has 1 unspecified atom stereocenters. The lowest BCUT2D eigenvalue weighted by molar-refractivity contribution is 0.555. The van der Waals surface area contributed by atoms with E-state index in [2.05, 4.69) is 20.9 Å². The maximum atomic E-state index is 11.1. The summed E-state index contributed by atoms with van der Waals surface area (Å²) in [5.41, 5.74) is 9.32.